The van der Waals surface area contributed by atoms with Crippen LogP contribution in [-0.4, -0.2) is 31.1 Å². The fourth-order valence-electron chi connectivity index (χ4n) is 2.59. The van der Waals surface area contributed by atoms with E-state index >= 15 is 0 Å². The van der Waals surface area contributed by atoms with Crippen LogP contribution in [0.5, 0.6) is 0 Å². The first-order valence-corrected chi connectivity index (χ1v) is 6.62. The summed E-state index contributed by atoms with van der Waals surface area (Å²) in [6.07, 6.45) is 4.01. The molecule has 0 bridgehead atoms. The third kappa shape index (κ3) is 2.38. The smallest absolute Gasteiger partial charge is 0.110 e. The van der Waals surface area contributed by atoms with Gasteiger partial charge >= 0.3 is 0 Å². The molecule has 5 heteroatoms. The van der Waals surface area contributed by atoms with Gasteiger partial charge < -0.3 is 4.74 Å². The molecule has 1 aliphatic heterocycles. The van der Waals surface area contributed by atoms with Gasteiger partial charge in [-0.2, -0.15) is 5.26 Å². The molecule has 0 fully saturated rings. The van der Waals surface area contributed by atoms with Gasteiger partial charge in [0.05, 0.1) is 35.7 Å². The number of aliphatic imine (C=N–C) groups is 1. The van der Waals surface area contributed by atoms with E-state index in [-0.39, 0.29) is 6.10 Å². The van der Waals surface area contributed by atoms with Crippen molar-refractivity contribution in [1.29, 1.82) is 5.26 Å². The topological polar surface area (TPSA) is 60.6 Å². The van der Waals surface area contributed by atoms with Crippen LogP contribution in [0.15, 0.2) is 40.5 Å². The van der Waals surface area contributed by atoms with E-state index in [1.54, 1.807) is 25.6 Å². The summed E-state index contributed by atoms with van der Waals surface area (Å²) in [5.41, 5.74) is 7.30. The molecule has 0 amide bonds. The molecule has 1 unspecified atom stereocenters. The molecule has 1 heterocycles. The minimum atomic E-state index is 0.151. The molecule has 1 aliphatic carbocycles. The van der Waals surface area contributed by atoms with E-state index in [0.717, 1.165) is 30.8 Å². The predicted octanol–water partition coefficient (Wildman–Crippen LogP) is 2.29. The van der Waals surface area contributed by atoms with Crippen LogP contribution in [0.4, 0.5) is 5.69 Å². The molecule has 5 nitrogen and oxygen atoms in total. The molecule has 20 heavy (non-hydrogen) atoms. The second-order valence-corrected chi connectivity index (χ2v) is 4.93. The molecule has 0 saturated heterocycles. The fourth-order valence-corrected chi connectivity index (χ4v) is 2.59. The maximum atomic E-state index is 8.78. The number of nitriles is 1. The Labute approximate surface area is 118 Å². The Morgan fingerprint density at radius 3 is 2.90 bits per heavy atom. The van der Waals surface area contributed by atoms with Gasteiger partial charge in [-0.3, -0.25) is 10.4 Å². The van der Waals surface area contributed by atoms with Crippen LogP contribution in [0.25, 0.3) is 0 Å². The summed E-state index contributed by atoms with van der Waals surface area (Å²) in [6.45, 7) is 0.818. The maximum Gasteiger partial charge on any atom is 0.110 e. The summed E-state index contributed by atoms with van der Waals surface area (Å²) < 4.78 is 5.42. The first-order valence-electron chi connectivity index (χ1n) is 6.62. The van der Waals surface area contributed by atoms with E-state index in [0.29, 0.717) is 5.56 Å². The number of benzene rings is 1. The van der Waals surface area contributed by atoms with Crippen molar-refractivity contribution in [3.63, 3.8) is 0 Å². The Bertz CT molecular complexity index is 597. The Morgan fingerprint density at radius 1 is 1.40 bits per heavy atom. The van der Waals surface area contributed by atoms with Crippen LogP contribution in [0, 0.1) is 11.3 Å². The SMILES string of the molecule is COC1CCC2=C1N=CN(Nc1ccc(C#N)cc1)C2. The van der Waals surface area contributed by atoms with Crippen LogP contribution in [0.3, 0.4) is 0 Å². The number of hydrazine groups is 1. The summed E-state index contributed by atoms with van der Waals surface area (Å²) >= 11 is 0. The number of ether oxygens (including phenoxy) is 1. The number of nitrogens with zero attached hydrogens (tertiary/aromatic N) is 3. The highest BCUT2D eigenvalue weighted by molar-refractivity contribution is 5.64. The van der Waals surface area contributed by atoms with Crippen molar-refractivity contribution in [2.75, 3.05) is 19.1 Å². The van der Waals surface area contributed by atoms with E-state index in [1.165, 1.54) is 5.57 Å². The molecule has 1 aromatic rings. The number of hydrogen-bond donors (Lipinski definition) is 1. The molecule has 1 aromatic carbocycles. The van der Waals surface area contributed by atoms with Crippen LogP contribution in [-0.2, 0) is 4.74 Å². The van der Waals surface area contributed by atoms with Gasteiger partial charge in [0, 0.05) is 7.11 Å². The number of methoxy groups -OCH3 is 1. The lowest BCUT2D eigenvalue weighted by atomic mass is 10.2. The maximum absolute atomic E-state index is 8.78. The zero-order chi connectivity index (χ0) is 13.9. The minimum absolute atomic E-state index is 0.151. The van der Waals surface area contributed by atoms with E-state index in [1.807, 2.05) is 17.1 Å². The Balaban J connectivity index is 1.67. The van der Waals surface area contributed by atoms with Crippen LogP contribution < -0.4 is 5.43 Å². The summed E-state index contributed by atoms with van der Waals surface area (Å²) in [6, 6.07) is 9.49. The molecule has 3 rings (SSSR count). The minimum Gasteiger partial charge on any atom is -0.375 e. The highest BCUT2D eigenvalue weighted by atomic mass is 16.5. The quantitative estimate of drug-likeness (QED) is 0.913. The van der Waals surface area contributed by atoms with Gasteiger partial charge in [-0.25, -0.2) is 4.99 Å². The summed E-state index contributed by atoms with van der Waals surface area (Å²) in [5, 5.41) is 10.7. The molecular formula is C15H16N4O. The Morgan fingerprint density at radius 2 is 2.20 bits per heavy atom. The highest BCUT2D eigenvalue weighted by Gasteiger charge is 2.28. The van der Waals surface area contributed by atoms with E-state index in [2.05, 4.69) is 16.5 Å². The lowest BCUT2D eigenvalue weighted by Crippen LogP contribution is -2.33. The first-order chi connectivity index (χ1) is 9.80. The summed E-state index contributed by atoms with van der Waals surface area (Å²) in [4.78, 5) is 4.50. The standard InChI is InChI=1S/C15H16N4O/c1-20-14-7-4-12-9-19(10-17-15(12)14)18-13-5-2-11(8-16)3-6-13/h2-3,5-6,10,14,18H,4,7,9H2,1H3. The van der Waals surface area contributed by atoms with Gasteiger partial charge in [-0.05, 0) is 42.7 Å². The van der Waals surface area contributed by atoms with E-state index in [9.17, 15) is 0 Å². The molecule has 102 valence electrons. The van der Waals surface area contributed by atoms with Gasteiger partial charge in [0.1, 0.15) is 6.34 Å². The van der Waals surface area contributed by atoms with E-state index < -0.39 is 0 Å². The van der Waals surface area contributed by atoms with Crippen molar-refractivity contribution in [2.24, 2.45) is 4.99 Å². The van der Waals surface area contributed by atoms with Crippen molar-refractivity contribution in [3.8, 4) is 6.07 Å². The van der Waals surface area contributed by atoms with Crippen LogP contribution >= 0.6 is 0 Å². The molecule has 0 radical (unpaired) electrons. The molecule has 1 N–H and O–H groups in total. The fraction of sp³-hybridized carbons (Fsp3) is 0.333. The molecule has 1 atom stereocenters. The molecule has 2 aliphatic rings. The predicted molar refractivity (Wildman–Crippen MR) is 77.0 cm³/mol. The third-order valence-corrected chi connectivity index (χ3v) is 3.64. The van der Waals surface area contributed by atoms with Gasteiger partial charge in [0.2, 0.25) is 0 Å². The monoisotopic (exact) mass is 268 g/mol. The van der Waals surface area contributed by atoms with Gasteiger partial charge in [0.15, 0.2) is 0 Å². The molecule has 0 aromatic heterocycles. The third-order valence-electron chi connectivity index (χ3n) is 3.64. The van der Waals surface area contributed by atoms with Crippen molar-refractivity contribution in [3.05, 3.63) is 41.1 Å². The van der Waals surface area contributed by atoms with Crippen molar-refractivity contribution >= 4 is 12.0 Å². The average Bonchev–Trinajstić information content (AvgIpc) is 2.90. The molecular weight excluding hydrogens is 252 g/mol. The largest absolute Gasteiger partial charge is 0.375 e. The normalized spacial score (nSPS) is 20.8. The first kappa shape index (κ1) is 12.7. The number of anilines is 1. The molecule has 0 spiro atoms. The second-order valence-electron chi connectivity index (χ2n) is 4.93. The zero-order valence-corrected chi connectivity index (χ0v) is 11.3. The lowest BCUT2D eigenvalue weighted by molar-refractivity contribution is 0.131. The Kier molecular flexibility index (Phi) is 3.40. The van der Waals surface area contributed by atoms with Crippen molar-refractivity contribution < 1.29 is 4.74 Å². The van der Waals surface area contributed by atoms with Gasteiger partial charge in [0.25, 0.3) is 0 Å². The van der Waals surface area contributed by atoms with Gasteiger partial charge in [-0.1, -0.05) is 0 Å². The second kappa shape index (κ2) is 5.35. The lowest BCUT2D eigenvalue weighted by Gasteiger charge is -2.26. The number of rotatable bonds is 3. The van der Waals surface area contributed by atoms with Crippen LogP contribution in [0.2, 0.25) is 0 Å². The summed E-state index contributed by atoms with van der Waals surface area (Å²) in [5.74, 6) is 0. The summed E-state index contributed by atoms with van der Waals surface area (Å²) in [7, 11) is 1.73. The molecule has 0 saturated carbocycles. The van der Waals surface area contributed by atoms with Gasteiger partial charge in [-0.15, -0.1) is 0 Å². The average molecular weight is 268 g/mol. The van der Waals surface area contributed by atoms with Crippen molar-refractivity contribution in [2.45, 2.75) is 18.9 Å². The van der Waals surface area contributed by atoms with Crippen LogP contribution in [0.1, 0.15) is 18.4 Å². The zero-order valence-electron chi connectivity index (χ0n) is 11.3. The number of nitrogens with one attached hydrogen (secondary N) is 1. The van der Waals surface area contributed by atoms with Crippen molar-refractivity contribution in [1.82, 2.24) is 5.01 Å². The highest BCUT2D eigenvalue weighted by Crippen LogP contribution is 2.31. The van der Waals surface area contributed by atoms with E-state index in [4.69, 9.17) is 10.00 Å². The Hall–Kier alpha value is -2.32. The number of hydrogen-bond acceptors (Lipinski definition) is 5.